The summed E-state index contributed by atoms with van der Waals surface area (Å²) < 4.78 is 5.25. The van der Waals surface area contributed by atoms with E-state index in [2.05, 4.69) is 32.7 Å². The lowest BCUT2D eigenvalue weighted by Crippen LogP contribution is -2.37. The van der Waals surface area contributed by atoms with Crippen molar-refractivity contribution in [1.82, 2.24) is 15.6 Å². The molecular weight excluding hydrogens is 447 g/mol. The summed E-state index contributed by atoms with van der Waals surface area (Å²) in [5.41, 5.74) is 2.38. The second-order valence-electron chi connectivity index (χ2n) is 5.55. The third kappa shape index (κ3) is 7.19. The summed E-state index contributed by atoms with van der Waals surface area (Å²) >= 11 is 1.73. The second-order valence-corrected chi connectivity index (χ2v) is 6.84. The highest BCUT2D eigenvalue weighted by Gasteiger charge is 2.05. The van der Waals surface area contributed by atoms with E-state index < -0.39 is 0 Å². The zero-order valence-corrected chi connectivity index (χ0v) is 18.4. The summed E-state index contributed by atoms with van der Waals surface area (Å²) in [7, 11) is 3.49. The van der Waals surface area contributed by atoms with Crippen LogP contribution in [0.25, 0.3) is 0 Å². The normalized spacial score (nSPS) is 11.0. The number of aromatic nitrogens is 1. The summed E-state index contributed by atoms with van der Waals surface area (Å²) in [6.45, 7) is 5.71. The van der Waals surface area contributed by atoms with Gasteiger partial charge in [-0.15, -0.1) is 35.3 Å². The van der Waals surface area contributed by atoms with Gasteiger partial charge in [0, 0.05) is 18.5 Å². The fourth-order valence-electron chi connectivity index (χ4n) is 2.45. The first kappa shape index (κ1) is 21.7. The van der Waals surface area contributed by atoms with Crippen molar-refractivity contribution in [3.63, 3.8) is 0 Å². The van der Waals surface area contributed by atoms with Gasteiger partial charge >= 0.3 is 0 Å². The molecule has 1 aromatic carbocycles. The van der Waals surface area contributed by atoms with Gasteiger partial charge in [0.25, 0.3) is 0 Å². The van der Waals surface area contributed by atoms with Crippen molar-refractivity contribution in [3.8, 4) is 5.75 Å². The Bertz CT molecular complexity index is 687. The van der Waals surface area contributed by atoms with Gasteiger partial charge in [0.2, 0.25) is 0 Å². The van der Waals surface area contributed by atoms with E-state index in [0.717, 1.165) is 48.3 Å². The number of ether oxygens (including phenoxy) is 1. The Balaban J connectivity index is 0.00000312. The molecule has 138 valence electrons. The molecule has 2 N–H and O–H groups in total. The summed E-state index contributed by atoms with van der Waals surface area (Å²) in [6, 6.07) is 8.21. The van der Waals surface area contributed by atoms with Crippen molar-refractivity contribution < 1.29 is 4.74 Å². The second kappa shape index (κ2) is 11.3. The van der Waals surface area contributed by atoms with Gasteiger partial charge in [-0.3, -0.25) is 4.99 Å². The lowest BCUT2D eigenvalue weighted by molar-refractivity contribution is 0.414. The molecule has 2 rings (SSSR count). The highest BCUT2D eigenvalue weighted by molar-refractivity contribution is 14.0. The number of hydrogen-bond donors (Lipinski definition) is 2. The first-order valence-corrected chi connectivity index (χ1v) is 8.94. The Morgan fingerprint density at radius 1 is 1.28 bits per heavy atom. The summed E-state index contributed by atoms with van der Waals surface area (Å²) in [4.78, 5) is 9.97. The Hall–Kier alpha value is -1.35. The molecule has 1 aromatic heterocycles. The van der Waals surface area contributed by atoms with Gasteiger partial charge in [0.05, 0.1) is 24.4 Å². The number of benzene rings is 1. The predicted molar refractivity (Wildman–Crippen MR) is 117 cm³/mol. The minimum Gasteiger partial charge on any atom is -0.497 e. The van der Waals surface area contributed by atoms with Gasteiger partial charge < -0.3 is 15.4 Å². The lowest BCUT2D eigenvalue weighted by atomic mass is 10.1. The van der Waals surface area contributed by atoms with Crippen LogP contribution in [0.15, 0.2) is 29.3 Å². The Morgan fingerprint density at radius 2 is 2.08 bits per heavy atom. The first-order valence-electron chi connectivity index (χ1n) is 8.12. The van der Waals surface area contributed by atoms with E-state index in [1.54, 1.807) is 25.5 Å². The number of methoxy groups -OCH3 is 1. The van der Waals surface area contributed by atoms with Crippen LogP contribution in [0.5, 0.6) is 5.75 Å². The Labute approximate surface area is 171 Å². The van der Waals surface area contributed by atoms with E-state index in [9.17, 15) is 0 Å². The number of aliphatic imine (C=N–C) groups is 1. The number of rotatable bonds is 7. The molecule has 25 heavy (non-hydrogen) atoms. The molecule has 0 saturated carbocycles. The molecule has 0 aliphatic rings. The molecule has 0 radical (unpaired) electrons. The molecule has 1 heterocycles. The van der Waals surface area contributed by atoms with E-state index in [-0.39, 0.29) is 24.0 Å². The van der Waals surface area contributed by atoms with Crippen molar-refractivity contribution in [3.05, 3.63) is 45.4 Å². The Kier molecular flexibility index (Phi) is 9.81. The number of aryl methyl sites for hydroxylation is 3. The van der Waals surface area contributed by atoms with Crippen LogP contribution >= 0.6 is 35.3 Å². The molecule has 7 heteroatoms. The highest BCUT2D eigenvalue weighted by Crippen LogP contribution is 2.16. The van der Waals surface area contributed by atoms with Gasteiger partial charge in [-0.25, -0.2) is 4.98 Å². The Morgan fingerprint density at radius 3 is 2.72 bits per heavy atom. The van der Waals surface area contributed by atoms with Crippen LogP contribution in [0.3, 0.4) is 0 Å². The molecule has 0 saturated heterocycles. The standard InChI is InChI=1S/C18H26N4OS.HI/c1-13-17(24-14(2)22-13)12-21-18(19-3)20-10-6-8-15-7-5-9-16(11-15)23-4;/h5,7,9,11H,6,8,10,12H2,1-4H3,(H2,19,20,21);1H. The minimum atomic E-state index is 0. The molecule has 0 amide bonds. The van der Waals surface area contributed by atoms with Crippen molar-refractivity contribution in [2.45, 2.75) is 33.2 Å². The van der Waals surface area contributed by atoms with Crippen LogP contribution in [-0.2, 0) is 13.0 Å². The van der Waals surface area contributed by atoms with Crippen molar-refractivity contribution in [2.75, 3.05) is 20.7 Å². The number of nitrogens with one attached hydrogen (secondary N) is 2. The average molecular weight is 474 g/mol. The fourth-order valence-corrected chi connectivity index (χ4v) is 3.33. The lowest BCUT2D eigenvalue weighted by Gasteiger charge is -2.11. The minimum absolute atomic E-state index is 0. The number of thiazole rings is 1. The first-order chi connectivity index (χ1) is 11.6. The molecule has 0 bridgehead atoms. The molecular formula is C18H27IN4OS. The maximum atomic E-state index is 5.25. The van der Waals surface area contributed by atoms with Gasteiger partial charge in [-0.05, 0) is 44.4 Å². The van der Waals surface area contributed by atoms with Crippen LogP contribution in [0.4, 0.5) is 0 Å². The average Bonchev–Trinajstić information content (AvgIpc) is 2.92. The molecule has 0 unspecified atom stereocenters. The van der Waals surface area contributed by atoms with Crippen LogP contribution in [0.1, 0.15) is 27.6 Å². The van der Waals surface area contributed by atoms with E-state index in [1.165, 1.54) is 10.4 Å². The molecule has 0 aliphatic heterocycles. The van der Waals surface area contributed by atoms with Gasteiger partial charge in [-0.1, -0.05) is 12.1 Å². The van der Waals surface area contributed by atoms with Gasteiger partial charge in [-0.2, -0.15) is 0 Å². The number of halogens is 1. The predicted octanol–water partition coefficient (Wildman–Crippen LogP) is 3.68. The molecule has 0 fully saturated rings. The van der Waals surface area contributed by atoms with Crippen molar-refractivity contribution in [1.29, 1.82) is 0 Å². The summed E-state index contributed by atoms with van der Waals surface area (Å²) in [5, 5.41) is 7.81. The molecule has 0 atom stereocenters. The van der Waals surface area contributed by atoms with E-state index in [1.807, 2.05) is 26.0 Å². The molecule has 5 nitrogen and oxygen atoms in total. The fraction of sp³-hybridized carbons (Fsp3) is 0.444. The third-order valence-corrected chi connectivity index (χ3v) is 4.78. The van der Waals surface area contributed by atoms with Gasteiger partial charge in [0.15, 0.2) is 5.96 Å². The SMILES string of the molecule is CN=C(NCCCc1cccc(OC)c1)NCc1sc(C)nc1C.I. The maximum absolute atomic E-state index is 5.25. The van der Waals surface area contributed by atoms with Crippen molar-refractivity contribution >= 4 is 41.3 Å². The van der Waals surface area contributed by atoms with Crippen LogP contribution in [0.2, 0.25) is 0 Å². The summed E-state index contributed by atoms with van der Waals surface area (Å²) in [5.74, 6) is 1.74. The van der Waals surface area contributed by atoms with E-state index >= 15 is 0 Å². The monoisotopic (exact) mass is 474 g/mol. The molecule has 0 aliphatic carbocycles. The van der Waals surface area contributed by atoms with Crippen LogP contribution in [0, 0.1) is 13.8 Å². The third-order valence-electron chi connectivity index (χ3n) is 3.71. The quantitative estimate of drug-likeness (QED) is 0.278. The number of guanidine groups is 1. The van der Waals surface area contributed by atoms with Gasteiger partial charge in [0.1, 0.15) is 5.75 Å². The zero-order valence-electron chi connectivity index (χ0n) is 15.3. The number of hydrogen-bond acceptors (Lipinski definition) is 4. The summed E-state index contributed by atoms with van der Waals surface area (Å²) in [6.07, 6.45) is 2.04. The number of nitrogens with zero attached hydrogens (tertiary/aromatic N) is 2. The van der Waals surface area contributed by atoms with E-state index in [4.69, 9.17) is 4.74 Å². The van der Waals surface area contributed by atoms with Crippen molar-refractivity contribution in [2.24, 2.45) is 4.99 Å². The van der Waals surface area contributed by atoms with Crippen LogP contribution in [-0.4, -0.2) is 31.6 Å². The largest absolute Gasteiger partial charge is 0.497 e. The van der Waals surface area contributed by atoms with Crippen LogP contribution < -0.4 is 15.4 Å². The smallest absolute Gasteiger partial charge is 0.191 e. The van der Waals surface area contributed by atoms with E-state index in [0.29, 0.717) is 0 Å². The molecule has 0 spiro atoms. The topological polar surface area (TPSA) is 58.5 Å². The maximum Gasteiger partial charge on any atom is 0.191 e. The molecule has 2 aromatic rings. The zero-order chi connectivity index (χ0) is 17.4. The highest BCUT2D eigenvalue weighted by atomic mass is 127.